The molecule has 2 aromatic rings. The number of aliphatic hydroxyl groups is 1. The number of benzene rings is 1. The number of hydrogen-bond donors (Lipinski definition) is 1. The molecule has 0 fully saturated rings. The van der Waals surface area contributed by atoms with E-state index >= 15 is 0 Å². The fraction of sp³-hybridized carbons (Fsp3) is 0.188. The number of aromatic nitrogens is 1. The van der Waals surface area contributed by atoms with Crippen molar-refractivity contribution in [2.75, 3.05) is 13.7 Å². The Labute approximate surface area is 112 Å². The van der Waals surface area contributed by atoms with Crippen LogP contribution in [0.3, 0.4) is 0 Å². The largest absolute Gasteiger partial charge is 0.497 e. The molecule has 0 bridgehead atoms. The molecule has 1 N–H and O–H groups in total. The molecular formula is C16H15NO2. The summed E-state index contributed by atoms with van der Waals surface area (Å²) in [5.41, 5.74) is 3.93. The first-order chi connectivity index (χ1) is 9.24. The third kappa shape index (κ3) is 3.12. The maximum atomic E-state index is 8.67. The van der Waals surface area contributed by atoms with Crippen LogP contribution in [0.15, 0.2) is 36.5 Å². The number of pyridine rings is 1. The molecule has 0 unspecified atom stereocenters. The number of rotatable bonds is 2. The van der Waals surface area contributed by atoms with Crippen molar-refractivity contribution in [2.45, 2.75) is 6.92 Å². The van der Waals surface area contributed by atoms with Gasteiger partial charge >= 0.3 is 0 Å². The summed E-state index contributed by atoms with van der Waals surface area (Å²) in [4.78, 5) is 4.28. The van der Waals surface area contributed by atoms with Crippen LogP contribution in [0.2, 0.25) is 0 Å². The van der Waals surface area contributed by atoms with Gasteiger partial charge < -0.3 is 9.84 Å². The van der Waals surface area contributed by atoms with E-state index in [-0.39, 0.29) is 6.61 Å². The molecule has 1 aromatic carbocycles. The Morgan fingerprint density at radius 3 is 2.58 bits per heavy atom. The Morgan fingerprint density at radius 1 is 1.26 bits per heavy atom. The van der Waals surface area contributed by atoms with Gasteiger partial charge in [0.05, 0.1) is 7.11 Å². The minimum Gasteiger partial charge on any atom is -0.497 e. The number of ether oxygens (including phenoxy) is 1. The molecule has 0 radical (unpaired) electrons. The third-order valence-corrected chi connectivity index (χ3v) is 2.81. The number of nitrogens with zero attached hydrogens (tertiary/aromatic N) is 1. The van der Waals surface area contributed by atoms with E-state index in [0.29, 0.717) is 5.69 Å². The number of aryl methyl sites for hydroxylation is 1. The molecule has 0 saturated heterocycles. The lowest BCUT2D eigenvalue weighted by atomic mass is 10.0. The van der Waals surface area contributed by atoms with Gasteiger partial charge in [0.25, 0.3) is 0 Å². The summed E-state index contributed by atoms with van der Waals surface area (Å²) in [5.74, 6) is 6.23. The summed E-state index contributed by atoms with van der Waals surface area (Å²) < 4.78 is 5.14. The van der Waals surface area contributed by atoms with E-state index in [9.17, 15) is 0 Å². The summed E-state index contributed by atoms with van der Waals surface area (Å²) >= 11 is 0. The predicted octanol–water partition coefficient (Wildman–Crippen LogP) is 2.41. The first-order valence-electron chi connectivity index (χ1n) is 5.95. The Kier molecular flexibility index (Phi) is 4.17. The van der Waals surface area contributed by atoms with Gasteiger partial charge in [0.2, 0.25) is 0 Å². The van der Waals surface area contributed by atoms with Crippen molar-refractivity contribution in [3.63, 3.8) is 0 Å². The van der Waals surface area contributed by atoms with Gasteiger partial charge in [0.15, 0.2) is 0 Å². The molecule has 19 heavy (non-hydrogen) atoms. The highest BCUT2D eigenvalue weighted by Gasteiger charge is 2.03. The van der Waals surface area contributed by atoms with Gasteiger partial charge in [-0.25, -0.2) is 4.98 Å². The van der Waals surface area contributed by atoms with Crippen molar-refractivity contribution in [1.29, 1.82) is 0 Å². The van der Waals surface area contributed by atoms with Crippen LogP contribution in [0.5, 0.6) is 5.75 Å². The van der Waals surface area contributed by atoms with Gasteiger partial charge in [-0.15, -0.1) is 0 Å². The summed E-state index contributed by atoms with van der Waals surface area (Å²) in [6, 6.07) is 9.77. The zero-order chi connectivity index (χ0) is 13.7. The van der Waals surface area contributed by atoms with E-state index in [4.69, 9.17) is 9.84 Å². The maximum Gasteiger partial charge on any atom is 0.118 e. The molecule has 0 aliphatic heterocycles. The average Bonchev–Trinajstić information content (AvgIpc) is 2.45. The first kappa shape index (κ1) is 13.1. The standard InChI is InChI=1S/C16H15NO2/c1-12-10-14(4-3-9-18)17-11-16(12)13-5-7-15(19-2)8-6-13/h5-8,10-11,18H,9H2,1-2H3. The van der Waals surface area contributed by atoms with Crippen molar-refractivity contribution < 1.29 is 9.84 Å². The van der Waals surface area contributed by atoms with Gasteiger partial charge in [0.1, 0.15) is 18.1 Å². The fourth-order valence-corrected chi connectivity index (χ4v) is 1.83. The second-order valence-corrected chi connectivity index (χ2v) is 4.07. The SMILES string of the molecule is COc1ccc(-c2cnc(C#CCO)cc2C)cc1. The topological polar surface area (TPSA) is 42.4 Å². The lowest BCUT2D eigenvalue weighted by Crippen LogP contribution is -1.90. The second kappa shape index (κ2) is 6.03. The van der Waals surface area contributed by atoms with E-state index in [1.54, 1.807) is 13.3 Å². The summed E-state index contributed by atoms with van der Waals surface area (Å²) in [6.07, 6.45) is 1.80. The van der Waals surface area contributed by atoms with Crippen molar-refractivity contribution in [3.05, 3.63) is 47.8 Å². The fourth-order valence-electron chi connectivity index (χ4n) is 1.83. The van der Waals surface area contributed by atoms with E-state index in [0.717, 1.165) is 22.4 Å². The lowest BCUT2D eigenvalue weighted by Gasteiger charge is -2.07. The molecule has 1 aromatic heterocycles. The molecule has 0 atom stereocenters. The van der Waals surface area contributed by atoms with Crippen LogP contribution in [0, 0.1) is 18.8 Å². The molecule has 0 saturated carbocycles. The molecular weight excluding hydrogens is 238 g/mol. The van der Waals surface area contributed by atoms with E-state index in [2.05, 4.69) is 16.8 Å². The molecule has 3 heteroatoms. The molecule has 2 rings (SSSR count). The average molecular weight is 253 g/mol. The maximum absolute atomic E-state index is 8.67. The first-order valence-corrected chi connectivity index (χ1v) is 5.95. The zero-order valence-electron chi connectivity index (χ0n) is 11.0. The Hall–Kier alpha value is -2.31. The van der Waals surface area contributed by atoms with Gasteiger partial charge in [-0.05, 0) is 42.2 Å². The quantitative estimate of drug-likeness (QED) is 0.836. The van der Waals surface area contributed by atoms with Gasteiger partial charge in [0, 0.05) is 11.8 Å². The van der Waals surface area contributed by atoms with Gasteiger partial charge in [-0.1, -0.05) is 18.1 Å². The summed E-state index contributed by atoms with van der Waals surface area (Å²) in [6.45, 7) is 1.87. The molecule has 0 spiro atoms. The minimum atomic E-state index is -0.152. The van der Waals surface area contributed by atoms with Crippen LogP contribution in [-0.4, -0.2) is 23.8 Å². The highest BCUT2D eigenvalue weighted by atomic mass is 16.5. The van der Waals surface area contributed by atoms with E-state index < -0.39 is 0 Å². The van der Waals surface area contributed by atoms with Crippen molar-refractivity contribution in [2.24, 2.45) is 0 Å². The normalized spacial score (nSPS) is 9.63. The van der Waals surface area contributed by atoms with Crippen LogP contribution < -0.4 is 4.74 Å². The lowest BCUT2D eigenvalue weighted by molar-refractivity contribution is 0.350. The van der Waals surface area contributed by atoms with E-state index in [1.165, 1.54) is 0 Å². The minimum absolute atomic E-state index is 0.152. The molecule has 0 amide bonds. The van der Waals surface area contributed by atoms with E-state index in [1.807, 2.05) is 37.3 Å². The van der Waals surface area contributed by atoms with Crippen LogP contribution in [0.4, 0.5) is 0 Å². The second-order valence-electron chi connectivity index (χ2n) is 4.07. The van der Waals surface area contributed by atoms with Crippen LogP contribution in [0.25, 0.3) is 11.1 Å². The number of hydrogen-bond acceptors (Lipinski definition) is 3. The highest BCUT2D eigenvalue weighted by Crippen LogP contribution is 2.24. The Morgan fingerprint density at radius 2 is 2.00 bits per heavy atom. The Balaban J connectivity index is 2.34. The number of methoxy groups -OCH3 is 1. The van der Waals surface area contributed by atoms with Crippen LogP contribution >= 0.6 is 0 Å². The smallest absolute Gasteiger partial charge is 0.118 e. The molecule has 96 valence electrons. The van der Waals surface area contributed by atoms with Crippen LogP contribution in [0.1, 0.15) is 11.3 Å². The highest BCUT2D eigenvalue weighted by molar-refractivity contribution is 5.67. The van der Waals surface area contributed by atoms with Crippen molar-refractivity contribution in [3.8, 4) is 28.7 Å². The third-order valence-electron chi connectivity index (χ3n) is 2.81. The predicted molar refractivity (Wildman–Crippen MR) is 74.9 cm³/mol. The summed E-state index contributed by atoms with van der Waals surface area (Å²) in [5, 5.41) is 8.67. The van der Waals surface area contributed by atoms with Crippen molar-refractivity contribution >= 4 is 0 Å². The Bertz CT molecular complexity index is 621. The van der Waals surface area contributed by atoms with Gasteiger partial charge in [-0.3, -0.25) is 0 Å². The molecule has 0 aliphatic carbocycles. The number of aliphatic hydroxyl groups excluding tert-OH is 1. The monoisotopic (exact) mass is 253 g/mol. The molecule has 1 heterocycles. The molecule has 3 nitrogen and oxygen atoms in total. The van der Waals surface area contributed by atoms with Crippen molar-refractivity contribution in [1.82, 2.24) is 4.98 Å². The van der Waals surface area contributed by atoms with Gasteiger partial charge in [-0.2, -0.15) is 0 Å². The molecule has 0 aliphatic rings. The zero-order valence-corrected chi connectivity index (χ0v) is 11.0. The van der Waals surface area contributed by atoms with Crippen LogP contribution in [-0.2, 0) is 0 Å². The summed E-state index contributed by atoms with van der Waals surface area (Å²) in [7, 11) is 1.65.